The van der Waals surface area contributed by atoms with Crippen molar-refractivity contribution in [1.29, 1.82) is 0 Å². The smallest absolute Gasteiger partial charge is 0.234 e. The Morgan fingerprint density at radius 2 is 1.79 bits per heavy atom. The van der Waals surface area contributed by atoms with Gasteiger partial charge in [0.05, 0.1) is 35.3 Å². The van der Waals surface area contributed by atoms with Crippen LogP contribution in [0.25, 0.3) is 11.6 Å². The molecule has 0 spiro atoms. The molecule has 6 rings (SSSR count). The number of nitrogens with zero attached hydrogens (tertiary/aromatic N) is 2. The highest BCUT2D eigenvalue weighted by Crippen LogP contribution is 2.48. The van der Waals surface area contributed by atoms with Gasteiger partial charge >= 0.3 is 0 Å². The number of para-hydroxylation sites is 1. The van der Waals surface area contributed by atoms with E-state index in [1.54, 1.807) is 18.3 Å². The molecule has 2 heterocycles. The number of phenols is 1. The number of allylic oxidation sites excluding steroid dienone is 1. The number of aromatic hydroxyl groups is 1. The van der Waals surface area contributed by atoms with E-state index < -0.39 is 23.9 Å². The van der Waals surface area contributed by atoms with Crippen molar-refractivity contribution in [2.45, 2.75) is 63.5 Å². The van der Waals surface area contributed by atoms with Gasteiger partial charge in [0.2, 0.25) is 11.8 Å². The van der Waals surface area contributed by atoms with E-state index in [2.05, 4.69) is 4.98 Å². The summed E-state index contributed by atoms with van der Waals surface area (Å²) in [7, 11) is 0. The van der Waals surface area contributed by atoms with Gasteiger partial charge in [0.15, 0.2) is 0 Å². The molecule has 1 saturated heterocycles. The number of halogens is 1. The maximum atomic E-state index is 14.0. The molecule has 2 aliphatic carbocycles. The van der Waals surface area contributed by atoms with Crippen molar-refractivity contribution < 1.29 is 29.6 Å². The standard InChI is InChI=1S/C38H41ClN2O6/c39-32-21-28(43)16-14-24(32)19-25(33-13-7-8-18-40-33)15-17-34(44)35-26(23-47-29-11-5-2-6-12-29)20-30-36(31(35)22-42)38(46)41(37(30)45)27-9-3-1-4-10-27/h2,5-8,11-14,16,18-19,21,27,30-31,34,36,42-44H,1,3-4,9-10,15,17,20,22-23H2/b25-19-/t30-,31+,34-,36-/m1/s1. The van der Waals surface area contributed by atoms with Crippen molar-refractivity contribution in [3.8, 4) is 11.5 Å². The fourth-order valence-electron chi connectivity index (χ4n) is 7.60. The van der Waals surface area contributed by atoms with Gasteiger partial charge < -0.3 is 20.1 Å². The number of pyridine rings is 1. The molecule has 2 fully saturated rings. The van der Waals surface area contributed by atoms with Crippen molar-refractivity contribution in [1.82, 2.24) is 9.88 Å². The molecule has 3 N–H and O–H groups in total. The minimum Gasteiger partial charge on any atom is -0.508 e. The number of fused-ring (bicyclic) bond motifs is 1. The average molecular weight is 657 g/mol. The molecule has 1 aromatic heterocycles. The summed E-state index contributed by atoms with van der Waals surface area (Å²) in [5.74, 6) is -1.70. The Morgan fingerprint density at radius 1 is 1.02 bits per heavy atom. The fourth-order valence-corrected chi connectivity index (χ4v) is 7.83. The van der Waals surface area contributed by atoms with Crippen LogP contribution < -0.4 is 4.74 Å². The highest BCUT2D eigenvalue weighted by atomic mass is 35.5. The predicted molar refractivity (Wildman–Crippen MR) is 180 cm³/mol. The van der Waals surface area contributed by atoms with Gasteiger partial charge in [-0.1, -0.05) is 55.1 Å². The largest absolute Gasteiger partial charge is 0.508 e. The van der Waals surface area contributed by atoms with Crippen molar-refractivity contribution in [3.63, 3.8) is 0 Å². The van der Waals surface area contributed by atoms with Crippen LogP contribution in [-0.2, 0) is 9.59 Å². The Balaban J connectivity index is 1.32. The molecule has 3 aliphatic rings. The van der Waals surface area contributed by atoms with E-state index in [1.807, 2.05) is 54.6 Å². The summed E-state index contributed by atoms with van der Waals surface area (Å²) in [5, 5.41) is 33.0. The lowest BCUT2D eigenvalue weighted by atomic mass is 9.68. The maximum Gasteiger partial charge on any atom is 0.234 e. The number of imide groups is 1. The zero-order chi connectivity index (χ0) is 32.9. The summed E-state index contributed by atoms with van der Waals surface area (Å²) in [5.41, 5.74) is 3.57. The van der Waals surface area contributed by atoms with Crippen LogP contribution in [0.4, 0.5) is 0 Å². The highest BCUT2D eigenvalue weighted by molar-refractivity contribution is 6.32. The molecule has 0 unspecified atom stereocenters. The van der Waals surface area contributed by atoms with Crippen LogP contribution in [-0.4, -0.2) is 62.4 Å². The summed E-state index contributed by atoms with van der Waals surface area (Å²) in [6.45, 7) is -0.237. The Bertz CT molecular complexity index is 1640. The number of carbonyl (C=O) groups excluding carboxylic acids is 2. The van der Waals surface area contributed by atoms with Gasteiger partial charge in [-0.05, 0) is 103 Å². The topological polar surface area (TPSA) is 120 Å². The highest BCUT2D eigenvalue weighted by Gasteiger charge is 2.56. The lowest BCUT2D eigenvalue weighted by Gasteiger charge is -2.36. The lowest BCUT2D eigenvalue weighted by molar-refractivity contribution is -0.143. The molecule has 2 amide bonds. The van der Waals surface area contributed by atoms with Crippen LogP contribution in [0.5, 0.6) is 11.5 Å². The second kappa shape index (κ2) is 14.8. The summed E-state index contributed by atoms with van der Waals surface area (Å²) < 4.78 is 6.15. The number of ether oxygens (including phenoxy) is 1. The number of hydrogen-bond donors (Lipinski definition) is 3. The van der Waals surface area contributed by atoms with Crippen LogP contribution in [0, 0.1) is 17.8 Å². The van der Waals surface area contributed by atoms with E-state index >= 15 is 0 Å². The third kappa shape index (κ3) is 7.15. The molecule has 8 nitrogen and oxygen atoms in total. The minimum absolute atomic E-state index is 0.0618. The normalized spacial score (nSPS) is 22.8. The van der Waals surface area contributed by atoms with E-state index in [9.17, 15) is 24.9 Å². The zero-order valence-corrected chi connectivity index (χ0v) is 27.1. The number of aliphatic hydroxyl groups excluding tert-OH is 2. The van der Waals surface area contributed by atoms with Crippen LogP contribution >= 0.6 is 11.6 Å². The summed E-state index contributed by atoms with van der Waals surface area (Å²) in [4.78, 5) is 33.9. The van der Waals surface area contributed by atoms with E-state index in [4.69, 9.17) is 16.3 Å². The summed E-state index contributed by atoms with van der Waals surface area (Å²) in [6.07, 6.45) is 8.23. The van der Waals surface area contributed by atoms with Gasteiger partial charge in [-0.2, -0.15) is 0 Å². The van der Waals surface area contributed by atoms with Crippen molar-refractivity contribution in [3.05, 3.63) is 100 Å². The number of amides is 2. The maximum absolute atomic E-state index is 14.0. The molecule has 1 saturated carbocycles. The van der Waals surface area contributed by atoms with Crippen LogP contribution in [0.15, 0.2) is 84.1 Å². The SMILES string of the molecule is O=C1[C@@H]2[C@@H](CC(COc3ccccc3)=C([C@H](O)CC/C(=C/c3ccc(O)cc3Cl)c3ccccn3)[C@@H]2CO)C(=O)N1C1CCCCC1. The number of benzene rings is 2. The van der Waals surface area contributed by atoms with Crippen molar-refractivity contribution in [2.24, 2.45) is 17.8 Å². The lowest BCUT2D eigenvalue weighted by Crippen LogP contribution is -2.42. The Hall–Kier alpha value is -3.98. The molecule has 2 aromatic carbocycles. The van der Waals surface area contributed by atoms with Crippen LogP contribution in [0.3, 0.4) is 0 Å². The van der Waals surface area contributed by atoms with Crippen molar-refractivity contribution >= 4 is 35.1 Å². The number of phenolic OH excluding ortho intramolecular Hbond substituents is 1. The Morgan fingerprint density at radius 3 is 2.49 bits per heavy atom. The van der Waals surface area contributed by atoms with E-state index in [0.717, 1.165) is 43.3 Å². The molecule has 246 valence electrons. The molecular formula is C38H41ClN2O6. The van der Waals surface area contributed by atoms with E-state index in [0.29, 0.717) is 40.4 Å². The second-order valence-electron chi connectivity index (χ2n) is 12.8. The fraction of sp³-hybridized carbons (Fsp3) is 0.395. The number of hydrogen-bond acceptors (Lipinski definition) is 7. The number of likely N-dealkylation sites (tertiary alicyclic amines) is 1. The Labute approximate surface area is 280 Å². The van der Waals surface area contributed by atoms with Gasteiger partial charge in [0.1, 0.15) is 18.1 Å². The third-order valence-electron chi connectivity index (χ3n) is 9.86. The van der Waals surface area contributed by atoms with Gasteiger partial charge in [0, 0.05) is 18.2 Å². The molecule has 4 atom stereocenters. The first-order valence-electron chi connectivity index (χ1n) is 16.5. The number of rotatable bonds is 11. The monoisotopic (exact) mass is 656 g/mol. The summed E-state index contributed by atoms with van der Waals surface area (Å²) in [6, 6.07) is 19.6. The average Bonchev–Trinajstić information content (AvgIpc) is 3.35. The predicted octanol–water partition coefficient (Wildman–Crippen LogP) is 6.44. The van der Waals surface area contributed by atoms with Gasteiger partial charge in [-0.3, -0.25) is 19.5 Å². The molecule has 1 aliphatic heterocycles. The molecule has 0 radical (unpaired) electrons. The minimum atomic E-state index is -1.02. The first-order chi connectivity index (χ1) is 22.9. The first kappa shape index (κ1) is 32.9. The van der Waals surface area contributed by atoms with Crippen molar-refractivity contribution in [2.75, 3.05) is 13.2 Å². The molecule has 3 aromatic rings. The van der Waals surface area contributed by atoms with Gasteiger partial charge in [-0.25, -0.2) is 0 Å². The first-order valence-corrected chi connectivity index (χ1v) is 16.9. The van der Waals surface area contributed by atoms with Crippen LogP contribution in [0.1, 0.15) is 62.6 Å². The van der Waals surface area contributed by atoms with Crippen LogP contribution in [0.2, 0.25) is 5.02 Å². The molecule has 9 heteroatoms. The number of aliphatic hydroxyl groups is 2. The zero-order valence-electron chi connectivity index (χ0n) is 26.3. The number of aromatic nitrogens is 1. The summed E-state index contributed by atoms with van der Waals surface area (Å²) >= 11 is 6.45. The van der Waals surface area contributed by atoms with Gasteiger partial charge in [0.25, 0.3) is 0 Å². The van der Waals surface area contributed by atoms with E-state index in [1.165, 1.54) is 11.0 Å². The van der Waals surface area contributed by atoms with Gasteiger partial charge in [-0.15, -0.1) is 0 Å². The Kier molecular flexibility index (Phi) is 10.4. The molecule has 47 heavy (non-hydrogen) atoms. The molecule has 0 bridgehead atoms. The number of carbonyl (C=O) groups is 2. The molecular weight excluding hydrogens is 616 g/mol. The second-order valence-corrected chi connectivity index (χ2v) is 13.2. The quantitative estimate of drug-likeness (QED) is 0.160. The van der Waals surface area contributed by atoms with E-state index in [-0.39, 0.29) is 43.2 Å². The third-order valence-corrected chi connectivity index (χ3v) is 10.2.